The number of fused-ring (bicyclic) bond motifs is 1. The first-order valence-corrected chi connectivity index (χ1v) is 5.88. The van der Waals surface area contributed by atoms with Gasteiger partial charge in [0.05, 0.1) is 19.8 Å². The molecule has 1 aromatic rings. The molecule has 3 rings (SSSR count). The van der Waals surface area contributed by atoms with Crippen molar-refractivity contribution in [1.29, 1.82) is 0 Å². The van der Waals surface area contributed by atoms with E-state index in [1.807, 2.05) is 12.2 Å². The molecule has 0 bridgehead atoms. The fourth-order valence-corrected chi connectivity index (χ4v) is 2.34. The number of ether oxygens (including phenoxy) is 3. The van der Waals surface area contributed by atoms with Gasteiger partial charge < -0.3 is 14.2 Å². The predicted octanol–water partition coefficient (Wildman–Crippen LogP) is 2.22. The van der Waals surface area contributed by atoms with Gasteiger partial charge in [0.25, 0.3) is 0 Å². The van der Waals surface area contributed by atoms with Gasteiger partial charge in [0.1, 0.15) is 0 Å². The van der Waals surface area contributed by atoms with Crippen molar-refractivity contribution in [3.63, 3.8) is 0 Å². The van der Waals surface area contributed by atoms with Crippen LogP contribution in [0.1, 0.15) is 16.8 Å². The number of Topliss-reactive ketones (excluding diaryl/α,β-unsaturated/α-hetero) is 1. The lowest BCUT2D eigenvalue weighted by Crippen LogP contribution is -2.31. The van der Waals surface area contributed by atoms with E-state index >= 15 is 0 Å². The van der Waals surface area contributed by atoms with E-state index in [9.17, 15) is 4.79 Å². The molecule has 1 heterocycles. The minimum atomic E-state index is -0.411. The summed E-state index contributed by atoms with van der Waals surface area (Å²) in [6.07, 6.45) is 4.54. The van der Waals surface area contributed by atoms with Crippen molar-refractivity contribution in [1.82, 2.24) is 0 Å². The zero-order valence-corrected chi connectivity index (χ0v) is 10.3. The number of allylic oxidation sites excluding steroid dienone is 1. The second-order valence-electron chi connectivity index (χ2n) is 4.41. The summed E-state index contributed by atoms with van der Waals surface area (Å²) in [5.41, 5.74) is 0.581. The van der Waals surface area contributed by atoms with Gasteiger partial charge in [-0.25, -0.2) is 0 Å². The molecule has 0 N–H and O–H groups in total. The molecule has 2 aliphatic rings. The van der Waals surface area contributed by atoms with E-state index in [0.29, 0.717) is 22.8 Å². The molecule has 0 fully saturated rings. The van der Waals surface area contributed by atoms with E-state index in [-0.39, 0.29) is 11.7 Å². The number of ketones is 1. The highest BCUT2D eigenvalue weighted by atomic mass is 16.5. The molecule has 94 valence electrons. The summed E-state index contributed by atoms with van der Waals surface area (Å²) in [5, 5.41) is 0. The minimum Gasteiger partial charge on any atom is -0.493 e. The van der Waals surface area contributed by atoms with Crippen molar-refractivity contribution in [2.75, 3.05) is 14.2 Å². The Hall–Kier alpha value is -1.97. The van der Waals surface area contributed by atoms with Crippen LogP contribution in [0.25, 0.3) is 0 Å². The summed E-state index contributed by atoms with van der Waals surface area (Å²) in [6.45, 7) is 0. The molecular formula is C14H14O4. The molecule has 4 nitrogen and oxygen atoms in total. The summed E-state index contributed by atoms with van der Waals surface area (Å²) in [4.78, 5) is 12.2. The molecule has 1 aromatic carbocycles. The van der Waals surface area contributed by atoms with Gasteiger partial charge in [0, 0.05) is 5.92 Å². The second kappa shape index (κ2) is 4.05. The number of hydrogen-bond donors (Lipinski definition) is 0. The SMILES string of the molecule is COc1ccc2c(c1OC)OC(C1C=CC1)C2=O. The lowest BCUT2D eigenvalue weighted by molar-refractivity contribution is 0.0784. The zero-order chi connectivity index (χ0) is 12.7. The van der Waals surface area contributed by atoms with Crippen molar-refractivity contribution in [2.45, 2.75) is 12.5 Å². The molecule has 0 amide bonds. The smallest absolute Gasteiger partial charge is 0.207 e. The Morgan fingerprint density at radius 2 is 2.06 bits per heavy atom. The first kappa shape index (κ1) is 11.1. The van der Waals surface area contributed by atoms with Gasteiger partial charge in [-0.3, -0.25) is 4.79 Å². The molecule has 1 aliphatic heterocycles. The van der Waals surface area contributed by atoms with Gasteiger partial charge in [-0.05, 0) is 18.6 Å². The quantitative estimate of drug-likeness (QED) is 0.767. The topological polar surface area (TPSA) is 44.8 Å². The van der Waals surface area contributed by atoms with Crippen LogP contribution in [-0.2, 0) is 0 Å². The Balaban J connectivity index is 2.03. The fourth-order valence-electron chi connectivity index (χ4n) is 2.34. The summed E-state index contributed by atoms with van der Waals surface area (Å²) >= 11 is 0. The zero-order valence-electron chi connectivity index (χ0n) is 10.3. The molecule has 2 unspecified atom stereocenters. The Morgan fingerprint density at radius 3 is 2.61 bits per heavy atom. The average Bonchev–Trinajstić information content (AvgIpc) is 2.64. The van der Waals surface area contributed by atoms with E-state index in [2.05, 4.69) is 0 Å². The highest BCUT2D eigenvalue weighted by Gasteiger charge is 2.41. The normalized spacial score (nSPS) is 24.2. The van der Waals surface area contributed by atoms with E-state index in [0.717, 1.165) is 6.42 Å². The summed E-state index contributed by atoms with van der Waals surface area (Å²) < 4.78 is 16.3. The van der Waals surface area contributed by atoms with Crippen LogP contribution < -0.4 is 14.2 Å². The molecule has 0 saturated heterocycles. The van der Waals surface area contributed by atoms with Gasteiger partial charge in [-0.2, -0.15) is 0 Å². The molecule has 0 spiro atoms. The van der Waals surface area contributed by atoms with Crippen molar-refractivity contribution in [3.8, 4) is 17.2 Å². The summed E-state index contributed by atoms with van der Waals surface area (Å²) in [5.74, 6) is 1.79. The third-order valence-corrected chi connectivity index (χ3v) is 3.45. The van der Waals surface area contributed by atoms with Gasteiger partial charge in [-0.15, -0.1) is 0 Å². The van der Waals surface area contributed by atoms with Crippen LogP contribution in [-0.4, -0.2) is 26.1 Å². The van der Waals surface area contributed by atoms with Crippen LogP contribution in [0, 0.1) is 5.92 Å². The maximum absolute atomic E-state index is 12.2. The maximum atomic E-state index is 12.2. The largest absolute Gasteiger partial charge is 0.493 e. The molecular weight excluding hydrogens is 232 g/mol. The highest BCUT2D eigenvalue weighted by molar-refractivity contribution is 6.06. The highest BCUT2D eigenvalue weighted by Crippen LogP contribution is 2.46. The number of benzene rings is 1. The third-order valence-electron chi connectivity index (χ3n) is 3.45. The van der Waals surface area contributed by atoms with Gasteiger partial charge in [0.2, 0.25) is 11.5 Å². The second-order valence-corrected chi connectivity index (χ2v) is 4.41. The van der Waals surface area contributed by atoms with Gasteiger partial charge >= 0.3 is 0 Å². The molecule has 1 aliphatic carbocycles. The van der Waals surface area contributed by atoms with Gasteiger partial charge in [-0.1, -0.05) is 12.2 Å². The maximum Gasteiger partial charge on any atom is 0.207 e. The Kier molecular flexibility index (Phi) is 2.51. The molecule has 0 radical (unpaired) electrons. The number of methoxy groups -OCH3 is 2. The first-order chi connectivity index (χ1) is 8.76. The van der Waals surface area contributed by atoms with E-state index in [4.69, 9.17) is 14.2 Å². The first-order valence-electron chi connectivity index (χ1n) is 5.88. The lowest BCUT2D eigenvalue weighted by atomic mass is 9.87. The Labute approximate surface area is 105 Å². The molecule has 18 heavy (non-hydrogen) atoms. The van der Waals surface area contributed by atoms with Gasteiger partial charge in [0.15, 0.2) is 17.6 Å². The monoisotopic (exact) mass is 246 g/mol. The predicted molar refractivity (Wildman–Crippen MR) is 65.5 cm³/mol. The summed E-state index contributed by atoms with van der Waals surface area (Å²) in [7, 11) is 3.11. The number of carbonyl (C=O) groups is 1. The van der Waals surface area contributed by atoms with E-state index in [1.54, 1.807) is 26.4 Å². The number of hydrogen-bond acceptors (Lipinski definition) is 4. The van der Waals surface area contributed by atoms with Crippen molar-refractivity contribution >= 4 is 5.78 Å². The van der Waals surface area contributed by atoms with E-state index in [1.165, 1.54) is 0 Å². The van der Waals surface area contributed by atoms with Crippen LogP contribution in [0.5, 0.6) is 17.2 Å². The lowest BCUT2D eigenvalue weighted by Gasteiger charge is -2.23. The fraction of sp³-hybridized carbons (Fsp3) is 0.357. The Morgan fingerprint density at radius 1 is 1.28 bits per heavy atom. The van der Waals surface area contributed by atoms with Crippen molar-refractivity contribution < 1.29 is 19.0 Å². The minimum absolute atomic E-state index is 0.0281. The number of rotatable bonds is 3. The number of carbonyl (C=O) groups excluding carboxylic acids is 1. The standard InChI is InChI=1S/C14H14O4/c1-16-10-7-6-9-11(15)12(8-4-3-5-8)18-13(9)14(10)17-2/h3-4,6-8,12H,5H2,1-2H3. The van der Waals surface area contributed by atoms with Crippen LogP contribution in [0.4, 0.5) is 0 Å². The molecule has 2 atom stereocenters. The van der Waals surface area contributed by atoms with Crippen molar-refractivity contribution in [3.05, 3.63) is 29.8 Å². The molecule has 4 heteroatoms. The van der Waals surface area contributed by atoms with Crippen LogP contribution in [0.15, 0.2) is 24.3 Å². The van der Waals surface area contributed by atoms with Crippen LogP contribution in [0.2, 0.25) is 0 Å². The summed E-state index contributed by atoms with van der Waals surface area (Å²) in [6, 6.07) is 3.47. The Bertz CT molecular complexity index is 533. The molecule has 0 saturated carbocycles. The molecule has 0 aromatic heterocycles. The van der Waals surface area contributed by atoms with Crippen molar-refractivity contribution in [2.24, 2.45) is 5.92 Å². The third kappa shape index (κ3) is 1.41. The van der Waals surface area contributed by atoms with Crippen LogP contribution >= 0.6 is 0 Å². The van der Waals surface area contributed by atoms with E-state index < -0.39 is 6.10 Å². The van der Waals surface area contributed by atoms with Crippen LogP contribution in [0.3, 0.4) is 0 Å². The average molecular weight is 246 g/mol.